The maximum Gasteiger partial charge on any atom is 0.410 e. The quantitative estimate of drug-likeness (QED) is 0.171. The molecule has 1 aromatic rings. The number of carbonyl (C=O) groups is 2. The number of aliphatic hydroxyl groups excluding tert-OH is 1. The largest absolute Gasteiger partial charge is 0.457 e. The van der Waals surface area contributed by atoms with Gasteiger partial charge in [-0.25, -0.2) is 4.79 Å². The highest BCUT2D eigenvalue weighted by Gasteiger charge is 2.37. The number of cyclic esters (lactones) is 1. The van der Waals surface area contributed by atoms with Gasteiger partial charge >= 0.3 is 12.1 Å². The minimum absolute atomic E-state index is 0.149. The predicted molar refractivity (Wildman–Crippen MR) is 179 cm³/mol. The SMILES string of the molecule is C/C(=C\C=C\C(C)c1ccncc1)[C@H]1OC(=O)C[C@@H](O)CC[C@](C)(O)[C@@H](OC(=O)N2CCN(C3CCCCCC3)CC2)/C=C\[C@@H]1C. The van der Waals surface area contributed by atoms with Crippen molar-refractivity contribution in [3.63, 3.8) is 0 Å². The van der Waals surface area contributed by atoms with E-state index in [-0.39, 0.29) is 31.1 Å². The number of aliphatic hydroxyl groups is 2. The summed E-state index contributed by atoms with van der Waals surface area (Å²) in [7, 11) is 0. The Balaban J connectivity index is 1.45. The van der Waals surface area contributed by atoms with E-state index in [9.17, 15) is 19.8 Å². The van der Waals surface area contributed by atoms with E-state index in [1.807, 2.05) is 44.2 Å². The monoisotopic (exact) mass is 637 g/mol. The van der Waals surface area contributed by atoms with Crippen LogP contribution in [-0.4, -0.2) is 93.2 Å². The first kappa shape index (κ1) is 35.8. The molecule has 2 aliphatic heterocycles. The number of esters is 1. The van der Waals surface area contributed by atoms with Crippen molar-refractivity contribution >= 4 is 12.1 Å². The summed E-state index contributed by atoms with van der Waals surface area (Å²) in [4.78, 5) is 34.6. The smallest absolute Gasteiger partial charge is 0.410 e. The van der Waals surface area contributed by atoms with E-state index in [4.69, 9.17) is 9.47 Å². The van der Waals surface area contributed by atoms with Crippen LogP contribution in [-0.2, 0) is 14.3 Å². The molecule has 6 atom stereocenters. The van der Waals surface area contributed by atoms with Crippen LogP contribution >= 0.6 is 0 Å². The molecule has 1 unspecified atom stereocenters. The summed E-state index contributed by atoms with van der Waals surface area (Å²) in [5.74, 6) is -0.607. The Morgan fingerprint density at radius 1 is 1.09 bits per heavy atom. The number of rotatable bonds is 6. The Kier molecular flexibility index (Phi) is 13.4. The van der Waals surface area contributed by atoms with Crippen molar-refractivity contribution < 1.29 is 29.3 Å². The molecule has 254 valence electrons. The molecule has 2 N–H and O–H groups in total. The standard InChI is InChI=1S/C37H55N3O6/c1-27(30-17-20-38-21-18-30)10-9-11-28(2)35-29(3)14-15-33(37(4,44)19-16-32(41)26-34(42)46-35)45-36(43)40-24-22-39(23-25-40)31-12-7-5-6-8-13-31/h9-11,14-15,17-18,20-21,27,29,31-33,35,41,44H,5-8,12-13,16,19,22-26H2,1-4H3/b10-9+,15-14-,28-11+/t27?,29-,32-,33-,35+,37-/m0/s1. The molecule has 0 radical (unpaired) electrons. The Labute approximate surface area is 275 Å². The molecule has 1 amide bonds. The third-order valence-electron chi connectivity index (χ3n) is 9.91. The van der Waals surface area contributed by atoms with Gasteiger partial charge in [0.25, 0.3) is 0 Å². The molecule has 4 rings (SSSR count). The summed E-state index contributed by atoms with van der Waals surface area (Å²) < 4.78 is 11.9. The van der Waals surface area contributed by atoms with E-state index in [1.54, 1.807) is 30.3 Å². The number of allylic oxidation sites excluding steroid dienone is 3. The van der Waals surface area contributed by atoms with E-state index in [1.165, 1.54) is 38.5 Å². The highest BCUT2D eigenvalue weighted by molar-refractivity contribution is 5.70. The lowest BCUT2D eigenvalue weighted by Gasteiger charge is -2.40. The van der Waals surface area contributed by atoms with Crippen molar-refractivity contribution in [1.82, 2.24) is 14.8 Å². The normalized spacial score (nSPS) is 31.3. The van der Waals surface area contributed by atoms with Crippen LogP contribution in [0.1, 0.15) is 97.0 Å². The molecule has 2 fully saturated rings. The predicted octanol–water partition coefficient (Wildman–Crippen LogP) is 5.93. The van der Waals surface area contributed by atoms with Crippen molar-refractivity contribution in [2.75, 3.05) is 26.2 Å². The van der Waals surface area contributed by atoms with Gasteiger partial charge in [0.05, 0.1) is 12.5 Å². The number of ether oxygens (including phenoxy) is 2. The van der Waals surface area contributed by atoms with Crippen molar-refractivity contribution in [2.45, 2.75) is 121 Å². The topological polar surface area (TPSA) is 112 Å². The number of amides is 1. The Morgan fingerprint density at radius 2 is 1.76 bits per heavy atom. The zero-order valence-electron chi connectivity index (χ0n) is 28.2. The molecule has 1 aliphatic carbocycles. The molecule has 3 aliphatic rings. The average molecular weight is 638 g/mol. The third kappa shape index (κ3) is 10.5. The number of aromatic nitrogens is 1. The van der Waals surface area contributed by atoms with Gasteiger partial charge in [0.15, 0.2) is 6.10 Å². The molecule has 1 saturated carbocycles. The zero-order chi connectivity index (χ0) is 33.1. The van der Waals surface area contributed by atoms with Crippen LogP contribution in [0.5, 0.6) is 0 Å². The third-order valence-corrected chi connectivity index (χ3v) is 9.91. The molecule has 0 spiro atoms. The summed E-state index contributed by atoms with van der Waals surface area (Å²) in [6.07, 6.45) is 17.9. The van der Waals surface area contributed by atoms with Gasteiger partial charge in [0.2, 0.25) is 0 Å². The van der Waals surface area contributed by atoms with Crippen molar-refractivity contribution in [3.05, 3.63) is 66.0 Å². The fourth-order valence-corrected chi connectivity index (χ4v) is 6.77. The minimum Gasteiger partial charge on any atom is -0.457 e. The van der Waals surface area contributed by atoms with Crippen LogP contribution in [0.2, 0.25) is 0 Å². The zero-order valence-corrected chi connectivity index (χ0v) is 28.2. The second kappa shape index (κ2) is 17.2. The van der Waals surface area contributed by atoms with Gasteiger partial charge in [0, 0.05) is 50.5 Å². The van der Waals surface area contributed by atoms with Gasteiger partial charge in [-0.15, -0.1) is 0 Å². The van der Waals surface area contributed by atoms with E-state index >= 15 is 0 Å². The van der Waals surface area contributed by atoms with Gasteiger partial charge in [0.1, 0.15) is 11.7 Å². The summed E-state index contributed by atoms with van der Waals surface area (Å²) in [6, 6.07) is 4.56. The van der Waals surface area contributed by atoms with Crippen LogP contribution in [0.4, 0.5) is 4.79 Å². The van der Waals surface area contributed by atoms with Crippen molar-refractivity contribution in [1.29, 1.82) is 0 Å². The minimum atomic E-state index is -1.44. The number of pyridine rings is 1. The van der Waals surface area contributed by atoms with Crippen LogP contribution in [0, 0.1) is 5.92 Å². The first-order valence-corrected chi connectivity index (χ1v) is 17.3. The van der Waals surface area contributed by atoms with Gasteiger partial charge in [-0.05, 0) is 74.8 Å². The molecule has 9 nitrogen and oxygen atoms in total. The summed E-state index contributed by atoms with van der Waals surface area (Å²) in [6.45, 7) is 10.4. The second-order valence-corrected chi connectivity index (χ2v) is 13.7. The highest BCUT2D eigenvalue weighted by Crippen LogP contribution is 2.28. The molecule has 46 heavy (non-hydrogen) atoms. The molecule has 0 aromatic carbocycles. The fraction of sp³-hybridized carbons (Fsp3) is 0.649. The Bertz CT molecular complexity index is 1200. The maximum atomic E-state index is 13.4. The average Bonchev–Trinajstić information content (AvgIpc) is 3.34. The van der Waals surface area contributed by atoms with Crippen LogP contribution in [0.15, 0.2) is 60.5 Å². The van der Waals surface area contributed by atoms with E-state index in [0.717, 1.165) is 24.2 Å². The second-order valence-electron chi connectivity index (χ2n) is 13.7. The van der Waals surface area contributed by atoms with Gasteiger partial charge in [-0.2, -0.15) is 0 Å². The lowest BCUT2D eigenvalue weighted by atomic mass is 9.88. The molecule has 9 heteroatoms. The van der Waals surface area contributed by atoms with Crippen LogP contribution < -0.4 is 0 Å². The van der Waals surface area contributed by atoms with Crippen LogP contribution in [0.3, 0.4) is 0 Å². The molecular formula is C37H55N3O6. The highest BCUT2D eigenvalue weighted by atomic mass is 16.6. The number of carbonyl (C=O) groups excluding carboxylic acids is 2. The van der Waals surface area contributed by atoms with E-state index in [2.05, 4.69) is 22.9 Å². The number of hydrogen-bond acceptors (Lipinski definition) is 8. The number of piperazine rings is 1. The fourth-order valence-electron chi connectivity index (χ4n) is 6.77. The Morgan fingerprint density at radius 3 is 2.43 bits per heavy atom. The van der Waals surface area contributed by atoms with E-state index < -0.39 is 36.0 Å². The first-order valence-electron chi connectivity index (χ1n) is 17.3. The van der Waals surface area contributed by atoms with Gasteiger partial charge in [-0.1, -0.05) is 63.8 Å². The number of nitrogens with zero attached hydrogens (tertiary/aromatic N) is 3. The van der Waals surface area contributed by atoms with E-state index in [0.29, 0.717) is 19.1 Å². The number of hydrogen-bond donors (Lipinski definition) is 2. The molecule has 1 saturated heterocycles. The lowest BCUT2D eigenvalue weighted by Crippen LogP contribution is -2.53. The first-order chi connectivity index (χ1) is 22.0. The summed E-state index contributed by atoms with van der Waals surface area (Å²) in [5.41, 5.74) is 0.543. The Hall–Kier alpha value is -3.01. The molecule has 3 heterocycles. The van der Waals surface area contributed by atoms with Gasteiger partial charge < -0.3 is 24.6 Å². The lowest BCUT2D eigenvalue weighted by molar-refractivity contribution is -0.151. The maximum absolute atomic E-state index is 13.4. The van der Waals surface area contributed by atoms with Crippen LogP contribution in [0.25, 0.3) is 0 Å². The summed E-state index contributed by atoms with van der Waals surface area (Å²) in [5, 5.41) is 22.1. The molecule has 1 aromatic heterocycles. The van der Waals surface area contributed by atoms with Crippen molar-refractivity contribution in [2.24, 2.45) is 5.92 Å². The summed E-state index contributed by atoms with van der Waals surface area (Å²) >= 11 is 0. The molecule has 0 bridgehead atoms. The molecular weight excluding hydrogens is 582 g/mol. The van der Waals surface area contributed by atoms with Gasteiger partial charge in [-0.3, -0.25) is 14.7 Å². The van der Waals surface area contributed by atoms with Crippen molar-refractivity contribution in [3.8, 4) is 0 Å².